The Morgan fingerprint density at radius 3 is 2.88 bits per heavy atom. The Balaban J connectivity index is 1.57. The van der Waals surface area contributed by atoms with Gasteiger partial charge in [0.1, 0.15) is 6.54 Å². The molecule has 0 unspecified atom stereocenters. The van der Waals surface area contributed by atoms with Gasteiger partial charge < -0.3 is 0 Å². The summed E-state index contributed by atoms with van der Waals surface area (Å²) in [6, 6.07) is 7.47. The van der Waals surface area contributed by atoms with Crippen molar-refractivity contribution in [3.8, 4) is 11.3 Å². The summed E-state index contributed by atoms with van der Waals surface area (Å²) >= 11 is 0. The van der Waals surface area contributed by atoms with E-state index in [1.54, 1.807) is 33.9 Å². The third kappa shape index (κ3) is 2.62. The SMILES string of the molecule is Cn1nccc1-c1ccc2nc(NC(=O)Cn3cccn3)nn2c1. The molecule has 0 radical (unpaired) electrons. The Kier molecular flexibility index (Phi) is 3.30. The largest absolute Gasteiger partial charge is 0.292 e. The summed E-state index contributed by atoms with van der Waals surface area (Å²) in [4.78, 5) is 16.3. The van der Waals surface area contributed by atoms with Gasteiger partial charge in [-0.25, -0.2) is 4.52 Å². The molecule has 0 aliphatic carbocycles. The summed E-state index contributed by atoms with van der Waals surface area (Å²) in [7, 11) is 1.88. The summed E-state index contributed by atoms with van der Waals surface area (Å²) in [6.45, 7) is 0.114. The first-order valence-electron chi connectivity index (χ1n) is 7.31. The molecule has 0 spiro atoms. The molecule has 0 saturated carbocycles. The first kappa shape index (κ1) is 14.1. The number of nitrogens with one attached hydrogen (secondary N) is 1. The molecule has 0 atom stereocenters. The fraction of sp³-hybridized carbons (Fsp3) is 0.133. The highest BCUT2D eigenvalue weighted by atomic mass is 16.2. The second-order valence-electron chi connectivity index (χ2n) is 5.25. The molecule has 120 valence electrons. The second kappa shape index (κ2) is 5.61. The van der Waals surface area contributed by atoms with Crippen molar-refractivity contribution in [2.75, 3.05) is 5.32 Å². The molecule has 4 heterocycles. The van der Waals surface area contributed by atoms with Gasteiger partial charge in [-0.2, -0.15) is 15.2 Å². The number of aryl methyl sites for hydroxylation is 1. The lowest BCUT2D eigenvalue weighted by Crippen LogP contribution is -2.19. The Morgan fingerprint density at radius 2 is 2.12 bits per heavy atom. The van der Waals surface area contributed by atoms with Crippen LogP contribution in [-0.4, -0.2) is 40.1 Å². The number of carbonyl (C=O) groups excluding carboxylic acids is 1. The molecular formula is C15H14N8O. The minimum atomic E-state index is -0.235. The van der Waals surface area contributed by atoms with E-state index in [-0.39, 0.29) is 18.4 Å². The van der Waals surface area contributed by atoms with Crippen molar-refractivity contribution >= 4 is 17.5 Å². The van der Waals surface area contributed by atoms with E-state index in [9.17, 15) is 4.79 Å². The lowest BCUT2D eigenvalue weighted by molar-refractivity contribution is -0.116. The van der Waals surface area contributed by atoms with Crippen LogP contribution < -0.4 is 5.32 Å². The quantitative estimate of drug-likeness (QED) is 0.604. The van der Waals surface area contributed by atoms with Crippen molar-refractivity contribution in [3.05, 3.63) is 49.1 Å². The molecule has 0 saturated heterocycles. The van der Waals surface area contributed by atoms with Crippen LogP contribution in [-0.2, 0) is 18.4 Å². The van der Waals surface area contributed by atoms with E-state index in [1.165, 1.54) is 4.68 Å². The van der Waals surface area contributed by atoms with Gasteiger partial charge in [0, 0.05) is 37.4 Å². The summed E-state index contributed by atoms with van der Waals surface area (Å²) < 4.78 is 4.95. The summed E-state index contributed by atoms with van der Waals surface area (Å²) in [5.41, 5.74) is 2.58. The van der Waals surface area contributed by atoms with Crippen molar-refractivity contribution in [3.63, 3.8) is 0 Å². The van der Waals surface area contributed by atoms with Gasteiger partial charge in [-0.3, -0.25) is 19.5 Å². The number of carbonyl (C=O) groups is 1. The van der Waals surface area contributed by atoms with E-state index in [4.69, 9.17) is 0 Å². The zero-order chi connectivity index (χ0) is 16.5. The number of amides is 1. The van der Waals surface area contributed by atoms with Crippen LogP contribution in [0.3, 0.4) is 0 Å². The minimum absolute atomic E-state index is 0.114. The molecule has 9 nitrogen and oxygen atoms in total. The Hall–Kier alpha value is -3.49. The van der Waals surface area contributed by atoms with Crippen LogP contribution in [0.15, 0.2) is 49.1 Å². The molecule has 0 bridgehead atoms. The van der Waals surface area contributed by atoms with Crippen LogP contribution in [0, 0.1) is 0 Å². The Morgan fingerprint density at radius 1 is 1.21 bits per heavy atom. The fourth-order valence-electron chi connectivity index (χ4n) is 2.45. The van der Waals surface area contributed by atoms with Gasteiger partial charge in [0.2, 0.25) is 11.9 Å². The van der Waals surface area contributed by atoms with E-state index in [2.05, 4.69) is 25.6 Å². The normalized spacial score (nSPS) is 11.0. The third-order valence-electron chi connectivity index (χ3n) is 3.56. The first-order valence-corrected chi connectivity index (χ1v) is 7.31. The van der Waals surface area contributed by atoms with Gasteiger partial charge in [0.15, 0.2) is 5.65 Å². The number of hydrogen-bond donors (Lipinski definition) is 1. The fourth-order valence-corrected chi connectivity index (χ4v) is 2.45. The topological polar surface area (TPSA) is 94.9 Å². The molecule has 4 aromatic heterocycles. The monoisotopic (exact) mass is 322 g/mol. The molecule has 0 aromatic carbocycles. The average Bonchev–Trinajstić information content (AvgIpc) is 3.27. The highest BCUT2D eigenvalue weighted by Crippen LogP contribution is 2.19. The smallest absolute Gasteiger partial charge is 0.249 e. The maximum atomic E-state index is 12.0. The van der Waals surface area contributed by atoms with Gasteiger partial charge in [0.25, 0.3) is 0 Å². The number of aromatic nitrogens is 7. The number of anilines is 1. The van der Waals surface area contributed by atoms with Gasteiger partial charge in [-0.15, -0.1) is 5.10 Å². The maximum Gasteiger partial charge on any atom is 0.249 e. The van der Waals surface area contributed by atoms with Gasteiger partial charge >= 0.3 is 0 Å². The molecule has 1 amide bonds. The lowest BCUT2D eigenvalue weighted by Gasteiger charge is -2.01. The number of pyridine rings is 1. The zero-order valence-corrected chi connectivity index (χ0v) is 12.9. The van der Waals surface area contributed by atoms with Gasteiger partial charge in [-0.1, -0.05) is 0 Å². The molecule has 24 heavy (non-hydrogen) atoms. The van der Waals surface area contributed by atoms with Crippen LogP contribution in [0.1, 0.15) is 0 Å². The molecule has 4 rings (SSSR count). The van der Waals surface area contributed by atoms with Crippen molar-refractivity contribution in [2.45, 2.75) is 6.54 Å². The van der Waals surface area contributed by atoms with Crippen LogP contribution in [0.2, 0.25) is 0 Å². The van der Waals surface area contributed by atoms with Crippen molar-refractivity contribution in [1.29, 1.82) is 0 Å². The van der Waals surface area contributed by atoms with Crippen LogP contribution in [0.5, 0.6) is 0 Å². The second-order valence-corrected chi connectivity index (χ2v) is 5.25. The highest BCUT2D eigenvalue weighted by Gasteiger charge is 2.10. The van der Waals surface area contributed by atoms with Crippen LogP contribution in [0.4, 0.5) is 5.95 Å². The van der Waals surface area contributed by atoms with Crippen molar-refractivity contribution in [2.24, 2.45) is 7.05 Å². The summed E-state index contributed by atoms with van der Waals surface area (Å²) in [5.74, 6) is 0.0239. The molecule has 4 aromatic rings. The van der Waals surface area contributed by atoms with E-state index in [1.807, 2.05) is 31.4 Å². The number of hydrogen-bond acceptors (Lipinski definition) is 5. The summed E-state index contributed by atoms with van der Waals surface area (Å²) in [6.07, 6.45) is 6.93. The summed E-state index contributed by atoms with van der Waals surface area (Å²) in [5, 5.41) is 15.1. The molecule has 9 heteroatoms. The minimum Gasteiger partial charge on any atom is -0.292 e. The van der Waals surface area contributed by atoms with Crippen molar-refractivity contribution < 1.29 is 4.79 Å². The molecular weight excluding hydrogens is 308 g/mol. The van der Waals surface area contributed by atoms with Crippen molar-refractivity contribution in [1.82, 2.24) is 34.2 Å². The lowest BCUT2D eigenvalue weighted by atomic mass is 10.2. The molecule has 0 aliphatic heterocycles. The molecule has 1 N–H and O–H groups in total. The highest BCUT2D eigenvalue weighted by molar-refractivity contribution is 5.88. The number of rotatable bonds is 4. The molecule has 0 aliphatic rings. The maximum absolute atomic E-state index is 12.0. The Labute approximate surface area is 136 Å². The average molecular weight is 322 g/mol. The number of nitrogens with zero attached hydrogens (tertiary/aromatic N) is 7. The van der Waals surface area contributed by atoms with Gasteiger partial charge in [0.05, 0.1) is 5.69 Å². The van der Waals surface area contributed by atoms with E-state index in [0.717, 1.165) is 11.3 Å². The van der Waals surface area contributed by atoms with Crippen LogP contribution >= 0.6 is 0 Å². The van der Waals surface area contributed by atoms with Crippen LogP contribution in [0.25, 0.3) is 16.9 Å². The predicted molar refractivity (Wildman–Crippen MR) is 86.0 cm³/mol. The third-order valence-corrected chi connectivity index (χ3v) is 3.56. The predicted octanol–water partition coefficient (Wildman–Crippen LogP) is 0.965. The molecule has 0 fully saturated rings. The van der Waals surface area contributed by atoms with E-state index < -0.39 is 0 Å². The number of fused-ring (bicyclic) bond motifs is 1. The van der Waals surface area contributed by atoms with E-state index in [0.29, 0.717) is 5.65 Å². The Bertz CT molecular complexity index is 998. The standard InChI is InChI=1S/C15H14N8O/c1-21-12(5-7-16-21)11-3-4-13-18-15(20-23(13)9-11)19-14(24)10-22-8-2-6-17-22/h2-9H,10H2,1H3,(H,19,20,24). The van der Waals surface area contributed by atoms with Gasteiger partial charge in [-0.05, 0) is 24.3 Å². The first-order chi connectivity index (χ1) is 11.7. The van der Waals surface area contributed by atoms with E-state index >= 15 is 0 Å². The zero-order valence-electron chi connectivity index (χ0n) is 12.9.